The molecule has 12 heteroatoms. The fourth-order valence-electron chi connectivity index (χ4n) is 4.63. The van der Waals surface area contributed by atoms with Gasteiger partial charge in [-0.2, -0.15) is 4.98 Å². The number of unbranched alkanes of at least 4 members (excludes halogenated alkanes) is 12. The lowest BCUT2D eigenvalue weighted by Crippen LogP contribution is -2.36. The van der Waals surface area contributed by atoms with Crippen molar-refractivity contribution < 1.29 is 33.7 Å². The minimum Gasteiger partial charge on any atom is -0.387 e. The number of hydrogen-bond donors (Lipinski definition) is 4. The molecule has 0 radical (unpaired) electrons. The first-order valence-corrected chi connectivity index (χ1v) is 16.4. The molecule has 5 atom stereocenters. The quantitative estimate of drug-likeness (QED) is 0.117. The van der Waals surface area contributed by atoms with Crippen LogP contribution in [0.3, 0.4) is 0 Å². The van der Waals surface area contributed by atoms with E-state index in [0.717, 1.165) is 62.7 Å². The number of aliphatic hydroxyl groups is 2. The van der Waals surface area contributed by atoms with E-state index in [4.69, 9.17) is 19.7 Å². The summed E-state index contributed by atoms with van der Waals surface area (Å²) in [4.78, 5) is 25.7. The number of aliphatic hydroxyl groups excluding tert-OH is 2. The lowest BCUT2D eigenvalue weighted by Gasteiger charge is -2.18. The Hall–Kier alpha value is -1.33. The Kier molecular flexibility index (Phi) is 16.4. The van der Waals surface area contributed by atoms with Crippen LogP contribution in [0.1, 0.15) is 103 Å². The Balaban J connectivity index is 1.48. The third-order valence-corrected chi connectivity index (χ3v) is 8.46. The number of nitrogen functional groups attached to an aromatic ring is 1. The van der Waals surface area contributed by atoms with Crippen molar-refractivity contribution in [3.8, 4) is 0 Å². The lowest BCUT2D eigenvalue weighted by atomic mass is 10.1. The Labute approximate surface area is 232 Å². The number of rotatable bonds is 22. The largest absolute Gasteiger partial charge is 0.387 e. The topological polar surface area (TPSA) is 166 Å². The molecule has 0 aliphatic carbocycles. The standard InChI is InChI=1S/C27H50N3O8P/c1-2-3-4-5-7-10-13-18-36-19-14-11-8-6-9-12-15-20-39(34,35)37-21-22-24(31)25(32)26(38-22)30-17-16-23(28)29-27(30)33/h16-17,22,24-26,31-32H,2-15,18-21H2,1H3,(H,34,35)(H2,28,29,33)/t22-,24+,25?,26-/m1/s1. The molecule has 0 bridgehead atoms. The van der Waals surface area contributed by atoms with Crippen molar-refractivity contribution in [1.82, 2.24) is 9.55 Å². The summed E-state index contributed by atoms with van der Waals surface area (Å²) in [7, 11) is -3.88. The van der Waals surface area contributed by atoms with Gasteiger partial charge in [-0.25, -0.2) is 4.79 Å². The summed E-state index contributed by atoms with van der Waals surface area (Å²) < 4.78 is 29.8. The van der Waals surface area contributed by atoms with Crippen LogP contribution in [0.15, 0.2) is 17.1 Å². The average molecular weight is 576 g/mol. The molecular formula is C27H50N3O8P. The van der Waals surface area contributed by atoms with E-state index in [2.05, 4.69) is 11.9 Å². The monoisotopic (exact) mass is 575 g/mol. The molecule has 39 heavy (non-hydrogen) atoms. The van der Waals surface area contributed by atoms with Crippen LogP contribution in [0.25, 0.3) is 0 Å². The van der Waals surface area contributed by atoms with E-state index in [0.29, 0.717) is 6.42 Å². The summed E-state index contributed by atoms with van der Waals surface area (Å²) in [6.07, 6.45) is 12.1. The molecule has 1 aliphatic heterocycles. The molecule has 1 aliphatic rings. The molecule has 11 nitrogen and oxygen atoms in total. The van der Waals surface area contributed by atoms with Crippen LogP contribution in [-0.4, -0.2) is 69.0 Å². The molecule has 5 N–H and O–H groups in total. The summed E-state index contributed by atoms with van der Waals surface area (Å²) in [5.41, 5.74) is 4.73. The van der Waals surface area contributed by atoms with Crippen molar-refractivity contribution in [3.63, 3.8) is 0 Å². The Morgan fingerprint density at radius 2 is 1.51 bits per heavy atom. The highest BCUT2D eigenvalue weighted by Gasteiger charge is 2.45. The van der Waals surface area contributed by atoms with E-state index in [9.17, 15) is 24.5 Å². The maximum Gasteiger partial charge on any atom is 0.351 e. The molecule has 2 unspecified atom stereocenters. The predicted octanol–water partition coefficient (Wildman–Crippen LogP) is 4.14. The van der Waals surface area contributed by atoms with Gasteiger partial charge in [0, 0.05) is 25.6 Å². The summed E-state index contributed by atoms with van der Waals surface area (Å²) in [5.74, 6) is 0.0179. The van der Waals surface area contributed by atoms with Gasteiger partial charge in [0.1, 0.15) is 24.1 Å². The second kappa shape index (κ2) is 18.9. The molecule has 226 valence electrons. The van der Waals surface area contributed by atoms with Gasteiger partial charge < -0.3 is 34.8 Å². The second-order valence-corrected chi connectivity index (χ2v) is 12.4. The van der Waals surface area contributed by atoms with Gasteiger partial charge in [-0.15, -0.1) is 0 Å². The van der Waals surface area contributed by atoms with Crippen LogP contribution in [0.2, 0.25) is 0 Å². The zero-order chi connectivity index (χ0) is 28.5. The third-order valence-electron chi connectivity index (χ3n) is 7.03. The molecule has 0 spiro atoms. The minimum absolute atomic E-state index is 0.00951. The summed E-state index contributed by atoms with van der Waals surface area (Å²) in [6, 6.07) is 1.36. The van der Waals surface area contributed by atoms with Crippen LogP contribution in [0.4, 0.5) is 5.82 Å². The first-order valence-electron chi connectivity index (χ1n) is 14.7. The molecule has 2 rings (SSSR count). The number of hydrogen-bond acceptors (Lipinski definition) is 9. The minimum atomic E-state index is -3.88. The summed E-state index contributed by atoms with van der Waals surface area (Å²) in [6.45, 7) is 3.54. The molecule has 2 heterocycles. The van der Waals surface area contributed by atoms with Crippen LogP contribution in [-0.2, 0) is 18.6 Å². The van der Waals surface area contributed by atoms with Crippen molar-refractivity contribution in [3.05, 3.63) is 22.7 Å². The molecule has 0 aromatic carbocycles. The van der Waals surface area contributed by atoms with Crippen molar-refractivity contribution in [2.45, 2.75) is 121 Å². The van der Waals surface area contributed by atoms with Gasteiger partial charge in [0.25, 0.3) is 0 Å². The number of nitrogens with two attached hydrogens (primary N) is 1. The van der Waals surface area contributed by atoms with Gasteiger partial charge >= 0.3 is 13.3 Å². The van der Waals surface area contributed by atoms with Gasteiger partial charge in [-0.1, -0.05) is 77.6 Å². The fraction of sp³-hybridized carbons (Fsp3) is 0.852. The Morgan fingerprint density at radius 1 is 0.949 bits per heavy atom. The number of anilines is 1. The van der Waals surface area contributed by atoms with Gasteiger partial charge in [0.05, 0.1) is 6.61 Å². The van der Waals surface area contributed by atoms with Crippen LogP contribution >= 0.6 is 7.60 Å². The van der Waals surface area contributed by atoms with Gasteiger partial charge in [0.2, 0.25) is 0 Å². The number of aromatic nitrogens is 2. The second-order valence-electron chi connectivity index (χ2n) is 10.5. The molecule has 0 amide bonds. The van der Waals surface area contributed by atoms with Gasteiger partial charge in [-0.05, 0) is 25.3 Å². The number of nitrogens with zero attached hydrogens (tertiary/aromatic N) is 2. The maximum atomic E-state index is 12.4. The van der Waals surface area contributed by atoms with Crippen molar-refractivity contribution >= 4 is 13.4 Å². The van der Waals surface area contributed by atoms with E-state index in [-0.39, 0.29) is 18.6 Å². The normalized spacial score (nSPS) is 22.8. The molecule has 1 saturated heterocycles. The van der Waals surface area contributed by atoms with E-state index < -0.39 is 37.8 Å². The zero-order valence-corrected chi connectivity index (χ0v) is 24.4. The highest BCUT2D eigenvalue weighted by Crippen LogP contribution is 2.44. The van der Waals surface area contributed by atoms with Gasteiger partial charge in [0.15, 0.2) is 6.23 Å². The zero-order valence-electron chi connectivity index (χ0n) is 23.5. The lowest BCUT2D eigenvalue weighted by molar-refractivity contribution is -0.0524. The first kappa shape index (κ1) is 33.9. The molecular weight excluding hydrogens is 525 g/mol. The van der Waals surface area contributed by atoms with Crippen LogP contribution < -0.4 is 11.4 Å². The van der Waals surface area contributed by atoms with Gasteiger partial charge in [-0.3, -0.25) is 9.13 Å². The third kappa shape index (κ3) is 13.3. The number of ether oxygens (including phenoxy) is 2. The Morgan fingerprint density at radius 3 is 2.10 bits per heavy atom. The summed E-state index contributed by atoms with van der Waals surface area (Å²) >= 11 is 0. The van der Waals surface area contributed by atoms with E-state index >= 15 is 0 Å². The van der Waals surface area contributed by atoms with E-state index in [1.165, 1.54) is 50.8 Å². The highest BCUT2D eigenvalue weighted by atomic mass is 31.2. The first-order chi connectivity index (χ1) is 18.7. The predicted molar refractivity (Wildman–Crippen MR) is 151 cm³/mol. The van der Waals surface area contributed by atoms with Crippen LogP contribution in [0, 0.1) is 0 Å². The molecule has 1 fully saturated rings. The van der Waals surface area contributed by atoms with Crippen molar-refractivity contribution in [2.75, 3.05) is 31.7 Å². The highest BCUT2D eigenvalue weighted by molar-refractivity contribution is 7.52. The van der Waals surface area contributed by atoms with E-state index in [1.54, 1.807) is 0 Å². The smallest absolute Gasteiger partial charge is 0.351 e. The SMILES string of the molecule is CCCCCCCCCOCCCCCCCCCP(=O)(O)OC[C@H]1O[C@@H](n2ccc(N)nc2=O)C(O)[C@H]1O. The molecule has 1 aromatic heterocycles. The van der Waals surface area contributed by atoms with Crippen molar-refractivity contribution in [2.24, 2.45) is 0 Å². The Bertz CT molecular complexity index is 902. The molecule has 1 aromatic rings. The van der Waals surface area contributed by atoms with Crippen molar-refractivity contribution in [1.29, 1.82) is 0 Å². The molecule has 0 saturated carbocycles. The fourth-order valence-corrected chi connectivity index (χ4v) is 5.77. The average Bonchev–Trinajstić information content (AvgIpc) is 3.18. The summed E-state index contributed by atoms with van der Waals surface area (Å²) in [5, 5.41) is 20.6. The van der Waals surface area contributed by atoms with Crippen LogP contribution in [0.5, 0.6) is 0 Å². The van der Waals surface area contributed by atoms with E-state index in [1.807, 2.05) is 0 Å². The maximum absolute atomic E-state index is 12.4.